The molecule has 0 radical (unpaired) electrons. The van der Waals surface area contributed by atoms with E-state index in [2.05, 4.69) is 42.0 Å². The molecule has 2 fully saturated rings. The second-order valence-electron chi connectivity index (χ2n) is 42.1. The summed E-state index contributed by atoms with van der Waals surface area (Å²) >= 11 is 11.0. The molecule has 2 heterocycles. The van der Waals surface area contributed by atoms with E-state index in [1.807, 2.05) is 62.4 Å². The van der Waals surface area contributed by atoms with Gasteiger partial charge in [-0.2, -0.15) is 0 Å². The van der Waals surface area contributed by atoms with Crippen LogP contribution in [0.2, 0.25) is 0 Å². The third kappa shape index (κ3) is 65.0. The van der Waals surface area contributed by atoms with Crippen molar-refractivity contribution in [2.24, 2.45) is 0 Å². The van der Waals surface area contributed by atoms with E-state index in [0.717, 1.165) is 157 Å². The molecule has 806 valence electrons. The zero-order valence-electron chi connectivity index (χ0n) is 88.7. The van der Waals surface area contributed by atoms with Gasteiger partial charge in [-0.1, -0.05) is 500 Å². The second-order valence-corrected chi connectivity index (χ2v) is 42.9. The Morgan fingerprint density at radius 3 is 0.942 bits per heavy atom. The lowest BCUT2D eigenvalue weighted by Gasteiger charge is -2.43. The fourth-order valence-electron chi connectivity index (χ4n) is 20.0. The van der Waals surface area contributed by atoms with E-state index in [1.165, 1.54) is 327 Å². The molecule has 2 saturated heterocycles. The Kier molecular flexibility index (Phi) is 81.6. The molecule has 0 saturated carbocycles. The smallest absolute Gasteiger partial charge is 0.261 e. The van der Waals surface area contributed by atoms with Gasteiger partial charge in [-0.3, -0.25) is 0 Å². The first-order valence-corrected chi connectivity index (χ1v) is 59.1. The summed E-state index contributed by atoms with van der Waals surface area (Å²) in [7, 11) is 0. The zero-order valence-corrected chi connectivity index (χ0v) is 90.4. The van der Waals surface area contributed by atoms with Crippen molar-refractivity contribution < 1.29 is 79.5 Å². The molecule has 2 aromatic rings. The van der Waals surface area contributed by atoms with Gasteiger partial charge >= 0.3 is 0 Å². The third-order valence-electron chi connectivity index (χ3n) is 29.3. The number of ether oxygens (including phenoxy) is 6. The van der Waals surface area contributed by atoms with Crippen molar-refractivity contribution in [3.8, 4) is 0 Å². The molecule has 4 rings (SSSR count). The number of rotatable bonds is 96. The number of benzene rings is 2. The van der Waals surface area contributed by atoms with Crippen molar-refractivity contribution in [1.29, 1.82) is 0 Å². The highest BCUT2D eigenvalue weighted by Crippen LogP contribution is 2.31. The monoisotopic (exact) mass is 1980 g/mol. The van der Waals surface area contributed by atoms with Crippen LogP contribution in [0, 0.1) is 13.8 Å². The molecule has 4 unspecified atom stereocenters. The normalized spacial score (nSPS) is 20.1. The van der Waals surface area contributed by atoms with Crippen LogP contribution in [0.4, 0.5) is 11.4 Å². The molecular weight excluding hydrogens is 1770 g/mol. The van der Waals surface area contributed by atoms with Crippen molar-refractivity contribution >= 4 is 46.2 Å². The van der Waals surface area contributed by atoms with Crippen LogP contribution < -0.4 is 21.3 Å². The first kappa shape index (κ1) is 127. The number of aryl methyl sites for hydroxylation is 2. The van der Waals surface area contributed by atoms with E-state index in [4.69, 9.17) is 52.9 Å². The Morgan fingerprint density at radius 2 is 0.601 bits per heavy atom. The first-order chi connectivity index (χ1) is 67.4. The van der Waals surface area contributed by atoms with Gasteiger partial charge in [0.1, 0.15) is 62.0 Å². The summed E-state index contributed by atoms with van der Waals surface area (Å²) in [6.45, 7) is 11.4. The Hall–Kier alpha value is -2.82. The van der Waals surface area contributed by atoms with Gasteiger partial charge < -0.3 is 101 Å². The molecule has 20 nitrogen and oxygen atoms in total. The molecule has 0 bridgehead atoms. The molecule has 14 N–H and O–H groups in total. The Balaban J connectivity index is 1.27. The van der Waals surface area contributed by atoms with Crippen LogP contribution in [0.15, 0.2) is 48.5 Å². The highest BCUT2D eigenvalue weighted by molar-refractivity contribution is 7.80. The minimum Gasteiger partial charge on any atom is -0.468 e. The summed E-state index contributed by atoms with van der Waals surface area (Å²) in [5.74, 6) is 0. The maximum atomic E-state index is 12.5. The van der Waals surface area contributed by atoms with Gasteiger partial charge in [-0.25, -0.2) is 0 Å². The minimum absolute atomic E-state index is 0.0463. The van der Waals surface area contributed by atoms with Gasteiger partial charge in [-0.15, -0.1) is 0 Å². The Morgan fingerprint density at radius 1 is 0.312 bits per heavy atom. The average molecular weight is 1990 g/mol. The van der Waals surface area contributed by atoms with Gasteiger partial charge in [0, 0.05) is 11.4 Å². The summed E-state index contributed by atoms with van der Waals surface area (Å²) in [4.78, 5) is 0. The summed E-state index contributed by atoms with van der Waals surface area (Å²) in [6, 6.07) is 13.9. The summed E-state index contributed by atoms with van der Waals surface area (Å²) < 4.78 is 37.1. The van der Waals surface area contributed by atoms with E-state index in [9.17, 15) is 51.1 Å². The van der Waals surface area contributed by atoms with E-state index in [-0.39, 0.29) is 30.2 Å². The largest absolute Gasteiger partial charge is 0.468 e. The van der Waals surface area contributed by atoms with Crippen molar-refractivity contribution in [3.63, 3.8) is 0 Å². The van der Waals surface area contributed by atoms with Crippen molar-refractivity contribution in [2.75, 3.05) is 43.5 Å². The first-order valence-electron chi connectivity index (χ1n) is 58.2. The number of anilines is 2. The standard InChI is InChI=1S/C116H214N4O16S2/c1-6-9-12-15-18-21-24-27-29-31-33-35-37-39-41-43-45-47-51-56-61-66-71-76-88-117-98(91-131-113-111(129)109(127)107(125)102(135-113)92-132-115(137)119-96-86-84-94(4)85-87-96)105(123)99(121)81-73-68-63-58-54-49-50-55-60-65-70-75-83-101(134-114-112(130)110(128)108(126)103(136-114)93-133-116(138)120-97-80-78-79-95(5)90-97)104(106(124)100(122)82-74-69-64-59-53-26-23-20-17-14-11-8-3)118-89-77-72-67-62-57-52-48-46-44-42-40-38-36-34-32-30-28-25-22-19-16-13-10-7-2/h78-80,84-87,90,98-114,117-118,121-130H,6-77,81-83,88-89,91-93H2,1-5H3,(H,119,137)(H,120,138)/t98?,99?,100-,101?,102-,103-,104-,105?,106-,107+,108+,109+,110+,111-,112-,113+,114+/m1/s1. The van der Waals surface area contributed by atoms with Crippen LogP contribution >= 0.6 is 24.4 Å². The van der Waals surface area contributed by atoms with Crippen LogP contribution in [0.1, 0.15) is 513 Å². The van der Waals surface area contributed by atoms with Gasteiger partial charge in [-0.05, 0) is 113 Å². The Labute approximate surface area is 854 Å². The average Bonchev–Trinajstić information content (AvgIpc) is 0.826. The molecule has 17 atom stereocenters. The van der Waals surface area contributed by atoms with Crippen LogP contribution in [0.25, 0.3) is 0 Å². The number of nitrogens with one attached hydrogen (secondary N) is 4. The summed E-state index contributed by atoms with van der Waals surface area (Å²) in [6.07, 6.45) is 71.3. The molecule has 2 aliphatic heterocycles. The summed E-state index contributed by atoms with van der Waals surface area (Å²) in [5, 5.41) is 129. The Bertz CT molecular complexity index is 3050. The van der Waals surface area contributed by atoms with Gasteiger partial charge in [0.05, 0.1) is 49.2 Å². The molecule has 0 aliphatic carbocycles. The highest BCUT2D eigenvalue weighted by atomic mass is 32.1. The van der Waals surface area contributed by atoms with E-state index in [1.54, 1.807) is 0 Å². The zero-order chi connectivity index (χ0) is 99.6. The maximum Gasteiger partial charge on any atom is 0.261 e. The van der Waals surface area contributed by atoms with E-state index in [0.29, 0.717) is 32.4 Å². The van der Waals surface area contributed by atoms with Gasteiger partial charge in [0.2, 0.25) is 0 Å². The molecule has 0 aromatic heterocycles. The number of hydrogen-bond acceptors (Lipinski definition) is 20. The third-order valence-corrected chi connectivity index (χ3v) is 29.8. The lowest BCUT2D eigenvalue weighted by atomic mass is 9.92. The van der Waals surface area contributed by atoms with Gasteiger partial charge in [0.25, 0.3) is 10.3 Å². The number of hydrogen-bond donors (Lipinski definition) is 14. The van der Waals surface area contributed by atoms with Crippen LogP contribution in [0.3, 0.4) is 0 Å². The fraction of sp³-hybridized carbons (Fsp3) is 0.879. The van der Waals surface area contributed by atoms with Crippen LogP contribution in [-0.4, -0.2) is 198 Å². The predicted octanol–water partition coefficient (Wildman–Crippen LogP) is 27.1. The molecule has 138 heavy (non-hydrogen) atoms. The molecule has 0 spiro atoms. The number of unbranched alkanes of at least 4 members (excludes halogenated alkanes) is 68. The van der Waals surface area contributed by atoms with Crippen molar-refractivity contribution in [1.82, 2.24) is 10.6 Å². The fourth-order valence-corrected chi connectivity index (χ4v) is 20.4. The van der Waals surface area contributed by atoms with E-state index < -0.39 is 104 Å². The lowest BCUT2D eigenvalue weighted by Crippen LogP contribution is -2.62. The molecule has 2 aromatic carbocycles. The van der Waals surface area contributed by atoms with Crippen molar-refractivity contribution in [3.05, 3.63) is 59.7 Å². The van der Waals surface area contributed by atoms with Crippen molar-refractivity contribution in [2.45, 2.75) is 620 Å². The lowest BCUT2D eigenvalue weighted by molar-refractivity contribution is -0.314. The van der Waals surface area contributed by atoms with Crippen LogP contribution in [-0.2, 0) is 28.4 Å². The minimum atomic E-state index is -1.63. The molecular formula is C116H214N4O16S2. The topological polar surface area (TPSA) is 306 Å². The van der Waals surface area contributed by atoms with Crippen LogP contribution in [0.5, 0.6) is 0 Å². The molecule has 0 amide bonds. The van der Waals surface area contributed by atoms with Gasteiger partial charge in [0.15, 0.2) is 12.6 Å². The molecule has 2 aliphatic rings. The van der Waals surface area contributed by atoms with E-state index >= 15 is 0 Å². The number of aliphatic hydroxyl groups is 10. The number of thiocarbonyl (C=S) groups is 2. The predicted molar refractivity (Wildman–Crippen MR) is 582 cm³/mol. The maximum absolute atomic E-state index is 12.5. The quantitative estimate of drug-likeness (QED) is 0.0216. The summed E-state index contributed by atoms with van der Waals surface area (Å²) in [5.41, 5.74) is 3.59. The number of aliphatic hydroxyl groups excluding tert-OH is 10. The molecule has 22 heteroatoms. The SMILES string of the molecule is CCCCCCCCCCCCCCCCCCCCCCCCCCNC(CO[C@H]1O[C@H](COC(=S)Nc2ccc(C)cc2)[C@H](O)[C@H](O)[C@H]1O)C(O)C(O)CCCCCCCCCCCCCCC(O[C@H]1O[C@H](COC(=S)Nc2cccc(C)c2)[C@H](O)[C@H](O)[C@H]1O)[C@@H](NCCCCCCCCCCCCCCCCCCCCCCCCCC)[C@H](O)[C@H](O)CCCCCCCCCCCCCC. The highest BCUT2D eigenvalue weighted by Gasteiger charge is 2.48. The second kappa shape index (κ2) is 88.3.